The standard InChI is InChI=1S/C15H22N2O3/c1-10(2)15(3,14(16)19)17(4)13(18)11-6-8-12(20-5)9-7-11/h6-10H,1-5H3,(H2,16,19)/t15-/m1/s1. The van der Waals surface area contributed by atoms with Crippen LogP contribution in [0.5, 0.6) is 5.75 Å². The van der Waals surface area contributed by atoms with Gasteiger partial charge in [-0.1, -0.05) is 13.8 Å². The third-order valence-electron chi connectivity index (χ3n) is 3.96. The molecule has 0 aromatic heterocycles. The first-order chi connectivity index (χ1) is 9.25. The average Bonchev–Trinajstić information content (AvgIpc) is 2.44. The highest BCUT2D eigenvalue weighted by atomic mass is 16.5. The zero-order chi connectivity index (χ0) is 15.5. The molecule has 1 atom stereocenters. The molecule has 0 aliphatic carbocycles. The van der Waals surface area contributed by atoms with Crippen molar-refractivity contribution < 1.29 is 14.3 Å². The fourth-order valence-corrected chi connectivity index (χ4v) is 1.98. The minimum atomic E-state index is -1.03. The number of hydrogen-bond acceptors (Lipinski definition) is 3. The third kappa shape index (κ3) is 2.76. The molecule has 2 amide bonds. The molecular weight excluding hydrogens is 256 g/mol. The molecule has 0 radical (unpaired) electrons. The van der Waals surface area contributed by atoms with Crippen molar-refractivity contribution in [1.82, 2.24) is 4.90 Å². The summed E-state index contributed by atoms with van der Waals surface area (Å²) in [7, 11) is 3.16. The molecule has 5 heteroatoms. The molecule has 0 saturated carbocycles. The van der Waals surface area contributed by atoms with Crippen LogP contribution in [0.25, 0.3) is 0 Å². The van der Waals surface area contributed by atoms with Crippen LogP contribution in [0.4, 0.5) is 0 Å². The van der Waals surface area contributed by atoms with E-state index in [1.165, 1.54) is 4.90 Å². The summed E-state index contributed by atoms with van der Waals surface area (Å²) >= 11 is 0. The second-order valence-corrected chi connectivity index (χ2v) is 5.26. The number of ether oxygens (including phenoxy) is 1. The number of carbonyl (C=O) groups excluding carboxylic acids is 2. The summed E-state index contributed by atoms with van der Waals surface area (Å²) in [5.41, 5.74) is 4.94. The normalized spacial score (nSPS) is 13.7. The molecule has 1 aromatic carbocycles. The predicted molar refractivity (Wildman–Crippen MR) is 77.5 cm³/mol. The topological polar surface area (TPSA) is 72.6 Å². The summed E-state index contributed by atoms with van der Waals surface area (Å²) in [5, 5.41) is 0. The lowest BCUT2D eigenvalue weighted by Crippen LogP contribution is -2.59. The van der Waals surface area contributed by atoms with E-state index in [-0.39, 0.29) is 11.8 Å². The van der Waals surface area contributed by atoms with Gasteiger partial charge in [-0.25, -0.2) is 0 Å². The van der Waals surface area contributed by atoms with Gasteiger partial charge in [0.25, 0.3) is 5.91 Å². The van der Waals surface area contributed by atoms with Crippen molar-refractivity contribution in [3.63, 3.8) is 0 Å². The second-order valence-electron chi connectivity index (χ2n) is 5.26. The van der Waals surface area contributed by atoms with Crippen molar-refractivity contribution in [3.05, 3.63) is 29.8 Å². The van der Waals surface area contributed by atoms with E-state index in [1.807, 2.05) is 13.8 Å². The first-order valence-corrected chi connectivity index (χ1v) is 6.47. The maximum atomic E-state index is 12.5. The van der Waals surface area contributed by atoms with Crippen molar-refractivity contribution in [3.8, 4) is 5.75 Å². The van der Waals surface area contributed by atoms with Gasteiger partial charge in [0.05, 0.1) is 7.11 Å². The van der Waals surface area contributed by atoms with Gasteiger partial charge in [0, 0.05) is 12.6 Å². The molecule has 110 valence electrons. The number of methoxy groups -OCH3 is 1. The largest absolute Gasteiger partial charge is 0.497 e. The van der Waals surface area contributed by atoms with E-state index in [4.69, 9.17) is 10.5 Å². The molecule has 1 rings (SSSR count). The first kappa shape index (κ1) is 16.0. The summed E-state index contributed by atoms with van der Waals surface area (Å²) in [5.74, 6) is -0.183. The van der Waals surface area contributed by atoms with Gasteiger partial charge in [-0.05, 0) is 37.1 Å². The number of rotatable bonds is 5. The minimum absolute atomic E-state index is 0.0906. The molecule has 0 heterocycles. The lowest BCUT2D eigenvalue weighted by Gasteiger charge is -2.39. The maximum absolute atomic E-state index is 12.5. The van der Waals surface area contributed by atoms with Crippen LogP contribution in [0.15, 0.2) is 24.3 Å². The Hall–Kier alpha value is -2.04. The summed E-state index contributed by atoms with van der Waals surface area (Å²) in [6.07, 6.45) is 0. The molecule has 0 unspecified atom stereocenters. The number of primary amides is 1. The Morgan fingerprint density at radius 2 is 1.75 bits per heavy atom. The Bertz CT molecular complexity index is 496. The van der Waals surface area contributed by atoms with E-state index < -0.39 is 11.4 Å². The quantitative estimate of drug-likeness (QED) is 0.890. The van der Waals surface area contributed by atoms with E-state index in [9.17, 15) is 9.59 Å². The van der Waals surface area contributed by atoms with Gasteiger partial charge in [0.2, 0.25) is 5.91 Å². The van der Waals surface area contributed by atoms with Gasteiger partial charge < -0.3 is 15.4 Å². The molecular formula is C15H22N2O3. The Morgan fingerprint density at radius 1 is 1.25 bits per heavy atom. The van der Waals surface area contributed by atoms with Crippen LogP contribution in [0, 0.1) is 5.92 Å². The number of nitrogens with two attached hydrogens (primary N) is 1. The third-order valence-corrected chi connectivity index (χ3v) is 3.96. The Labute approximate surface area is 119 Å². The van der Waals surface area contributed by atoms with Crippen LogP contribution in [-0.4, -0.2) is 36.4 Å². The fourth-order valence-electron chi connectivity index (χ4n) is 1.98. The summed E-state index contributed by atoms with van der Waals surface area (Å²) in [4.78, 5) is 25.6. The molecule has 0 saturated heterocycles. The van der Waals surface area contributed by atoms with Crippen molar-refractivity contribution in [1.29, 1.82) is 0 Å². The van der Waals surface area contributed by atoms with Crippen molar-refractivity contribution in [2.75, 3.05) is 14.2 Å². The molecule has 0 bridgehead atoms. The number of likely N-dealkylation sites (N-methyl/N-ethyl adjacent to an activating group) is 1. The van der Waals surface area contributed by atoms with E-state index in [2.05, 4.69) is 0 Å². The van der Waals surface area contributed by atoms with Crippen LogP contribution >= 0.6 is 0 Å². The fraction of sp³-hybridized carbons (Fsp3) is 0.467. The molecule has 0 aliphatic rings. The molecule has 0 spiro atoms. The van der Waals surface area contributed by atoms with E-state index >= 15 is 0 Å². The van der Waals surface area contributed by atoms with Crippen LogP contribution in [0.2, 0.25) is 0 Å². The summed E-state index contributed by atoms with van der Waals surface area (Å²) < 4.78 is 5.05. The Kier molecular flexibility index (Phi) is 4.76. The molecule has 0 fully saturated rings. The van der Waals surface area contributed by atoms with E-state index in [0.29, 0.717) is 11.3 Å². The Morgan fingerprint density at radius 3 is 2.10 bits per heavy atom. The molecule has 0 aliphatic heterocycles. The van der Waals surface area contributed by atoms with Gasteiger partial charge in [-0.3, -0.25) is 9.59 Å². The van der Waals surface area contributed by atoms with Crippen LogP contribution in [-0.2, 0) is 4.79 Å². The van der Waals surface area contributed by atoms with Crippen molar-refractivity contribution >= 4 is 11.8 Å². The predicted octanol–water partition coefficient (Wildman–Crippen LogP) is 1.67. The van der Waals surface area contributed by atoms with Gasteiger partial charge >= 0.3 is 0 Å². The van der Waals surface area contributed by atoms with E-state index in [1.54, 1.807) is 45.3 Å². The lowest BCUT2D eigenvalue weighted by molar-refractivity contribution is -0.129. The van der Waals surface area contributed by atoms with Gasteiger partial charge in [-0.15, -0.1) is 0 Å². The van der Waals surface area contributed by atoms with Crippen molar-refractivity contribution in [2.24, 2.45) is 11.7 Å². The van der Waals surface area contributed by atoms with Crippen LogP contribution in [0.1, 0.15) is 31.1 Å². The number of nitrogens with zero attached hydrogens (tertiary/aromatic N) is 1. The molecule has 1 aromatic rings. The lowest BCUT2D eigenvalue weighted by atomic mass is 9.85. The minimum Gasteiger partial charge on any atom is -0.497 e. The number of hydrogen-bond donors (Lipinski definition) is 1. The van der Waals surface area contributed by atoms with Gasteiger partial charge in [0.15, 0.2) is 0 Å². The zero-order valence-electron chi connectivity index (χ0n) is 12.6. The highest BCUT2D eigenvalue weighted by Gasteiger charge is 2.41. The van der Waals surface area contributed by atoms with E-state index in [0.717, 1.165) is 0 Å². The zero-order valence-corrected chi connectivity index (χ0v) is 12.6. The van der Waals surface area contributed by atoms with Crippen LogP contribution in [0.3, 0.4) is 0 Å². The number of benzene rings is 1. The van der Waals surface area contributed by atoms with Gasteiger partial charge in [-0.2, -0.15) is 0 Å². The highest BCUT2D eigenvalue weighted by Crippen LogP contribution is 2.25. The molecule has 2 N–H and O–H groups in total. The average molecular weight is 278 g/mol. The van der Waals surface area contributed by atoms with Crippen LogP contribution < -0.4 is 10.5 Å². The van der Waals surface area contributed by atoms with Crippen molar-refractivity contribution in [2.45, 2.75) is 26.3 Å². The molecule has 5 nitrogen and oxygen atoms in total. The maximum Gasteiger partial charge on any atom is 0.254 e. The SMILES string of the molecule is COc1ccc(C(=O)N(C)[C@@](C)(C(N)=O)C(C)C)cc1. The summed E-state index contributed by atoms with van der Waals surface area (Å²) in [6.45, 7) is 5.41. The smallest absolute Gasteiger partial charge is 0.254 e. The number of amides is 2. The molecule has 20 heavy (non-hydrogen) atoms. The first-order valence-electron chi connectivity index (χ1n) is 6.47. The second kappa shape index (κ2) is 5.94. The summed E-state index contributed by atoms with van der Waals surface area (Å²) in [6, 6.07) is 6.74. The van der Waals surface area contributed by atoms with Gasteiger partial charge in [0.1, 0.15) is 11.3 Å². The highest BCUT2D eigenvalue weighted by molar-refractivity contribution is 5.98. The Balaban J connectivity index is 3.08. The number of carbonyl (C=O) groups is 2. The monoisotopic (exact) mass is 278 g/mol.